The second-order valence-electron chi connectivity index (χ2n) is 6.82. The molecule has 0 unspecified atom stereocenters. The number of hydrogen-bond donors (Lipinski definition) is 2. The molecule has 1 heterocycles. The number of amides is 3. The largest absolute Gasteiger partial charge is 0.350 e. The third-order valence-electron chi connectivity index (χ3n) is 4.35. The fourth-order valence-corrected chi connectivity index (χ4v) is 3.04. The molecular weight excluding hydrogens is 342 g/mol. The van der Waals surface area contributed by atoms with Crippen LogP contribution >= 0.6 is 0 Å². The van der Waals surface area contributed by atoms with Crippen molar-refractivity contribution in [3.05, 3.63) is 59.7 Å². The summed E-state index contributed by atoms with van der Waals surface area (Å²) in [5.41, 5.74) is 2.13. The first-order chi connectivity index (χ1) is 13.0. The highest BCUT2D eigenvalue weighted by Gasteiger charge is 2.22. The number of anilines is 2. The van der Waals surface area contributed by atoms with Crippen molar-refractivity contribution < 1.29 is 14.4 Å². The molecule has 0 atom stereocenters. The summed E-state index contributed by atoms with van der Waals surface area (Å²) in [6.45, 7) is 4.47. The highest BCUT2D eigenvalue weighted by atomic mass is 16.2. The van der Waals surface area contributed by atoms with Crippen LogP contribution in [0.5, 0.6) is 0 Å². The molecule has 2 aromatic rings. The van der Waals surface area contributed by atoms with Gasteiger partial charge in [-0.3, -0.25) is 14.4 Å². The summed E-state index contributed by atoms with van der Waals surface area (Å²) < 4.78 is 0. The van der Waals surface area contributed by atoms with Crippen molar-refractivity contribution in [1.82, 2.24) is 5.32 Å². The molecule has 6 heteroatoms. The minimum Gasteiger partial charge on any atom is -0.350 e. The van der Waals surface area contributed by atoms with Crippen LogP contribution in [0.3, 0.4) is 0 Å². The van der Waals surface area contributed by atoms with E-state index >= 15 is 0 Å². The third-order valence-corrected chi connectivity index (χ3v) is 4.35. The zero-order valence-corrected chi connectivity index (χ0v) is 15.5. The average molecular weight is 365 g/mol. The molecule has 27 heavy (non-hydrogen) atoms. The average Bonchev–Trinajstić information content (AvgIpc) is 3.07. The van der Waals surface area contributed by atoms with E-state index in [4.69, 9.17) is 0 Å². The third kappa shape index (κ3) is 4.34. The minimum atomic E-state index is -0.306. The first kappa shape index (κ1) is 18.6. The van der Waals surface area contributed by atoms with Crippen molar-refractivity contribution in [2.75, 3.05) is 16.8 Å². The first-order valence-electron chi connectivity index (χ1n) is 9.07. The normalized spacial score (nSPS) is 13.7. The minimum absolute atomic E-state index is 0.00194. The van der Waals surface area contributed by atoms with Crippen LogP contribution in [-0.2, 0) is 4.79 Å². The summed E-state index contributed by atoms with van der Waals surface area (Å²) in [5, 5.41) is 5.63. The van der Waals surface area contributed by atoms with Gasteiger partial charge in [-0.2, -0.15) is 0 Å². The number of para-hydroxylation sites is 1. The number of nitrogens with one attached hydrogen (secondary N) is 2. The molecule has 0 saturated carbocycles. The van der Waals surface area contributed by atoms with Crippen LogP contribution in [0.1, 0.15) is 47.4 Å². The van der Waals surface area contributed by atoms with Gasteiger partial charge >= 0.3 is 0 Å². The molecule has 1 fully saturated rings. The monoisotopic (exact) mass is 365 g/mol. The Labute approximate surface area is 158 Å². The first-order valence-corrected chi connectivity index (χ1v) is 9.07. The van der Waals surface area contributed by atoms with E-state index in [2.05, 4.69) is 10.6 Å². The number of rotatable bonds is 5. The molecule has 2 N–H and O–H groups in total. The van der Waals surface area contributed by atoms with Gasteiger partial charge in [0.25, 0.3) is 11.8 Å². The lowest BCUT2D eigenvalue weighted by molar-refractivity contribution is -0.117. The second kappa shape index (κ2) is 8.03. The Morgan fingerprint density at radius 1 is 1.00 bits per heavy atom. The standard InChI is InChI=1S/C21H23N3O3/c1-14(2)22-21(27)17-6-3-4-7-18(17)23-20(26)15-9-11-16(12-10-15)24-13-5-8-19(24)25/h3-4,6-7,9-12,14H,5,8,13H2,1-2H3,(H,22,27)(H,23,26). The maximum atomic E-state index is 12.6. The Bertz CT molecular complexity index is 859. The van der Waals surface area contributed by atoms with E-state index in [1.807, 2.05) is 13.8 Å². The number of carbonyl (C=O) groups is 3. The van der Waals surface area contributed by atoms with Gasteiger partial charge in [-0.1, -0.05) is 12.1 Å². The molecule has 6 nitrogen and oxygen atoms in total. The summed E-state index contributed by atoms with van der Waals surface area (Å²) in [6, 6.07) is 13.8. The molecule has 3 amide bonds. The molecule has 1 aliphatic heterocycles. The molecule has 0 spiro atoms. The van der Waals surface area contributed by atoms with E-state index in [0.29, 0.717) is 29.8 Å². The summed E-state index contributed by atoms with van der Waals surface area (Å²) in [5.74, 6) is -0.430. The summed E-state index contributed by atoms with van der Waals surface area (Å²) >= 11 is 0. The van der Waals surface area contributed by atoms with E-state index in [9.17, 15) is 14.4 Å². The highest BCUT2D eigenvalue weighted by molar-refractivity contribution is 6.09. The van der Waals surface area contributed by atoms with Gasteiger partial charge in [0.05, 0.1) is 11.3 Å². The fourth-order valence-electron chi connectivity index (χ4n) is 3.04. The maximum absolute atomic E-state index is 12.6. The maximum Gasteiger partial charge on any atom is 0.255 e. The van der Waals surface area contributed by atoms with Crippen LogP contribution in [-0.4, -0.2) is 30.3 Å². The van der Waals surface area contributed by atoms with Crippen LogP contribution in [0.25, 0.3) is 0 Å². The molecule has 1 saturated heterocycles. The molecule has 0 radical (unpaired) electrons. The van der Waals surface area contributed by atoms with Crippen LogP contribution in [0, 0.1) is 0 Å². The van der Waals surface area contributed by atoms with Crippen LogP contribution < -0.4 is 15.5 Å². The number of hydrogen-bond acceptors (Lipinski definition) is 3. The number of nitrogens with zero attached hydrogens (tertiary/aromatic N) is 1. The molecule has 0 aromatic heterocycles. The predicted octanol–water partition coefficient (Wildman–Crippen LogP) is 3.20. The molecule has 0 aliphatic carbocycles. The van der Waals surface area contributed by atoms with E-state index in [1.165, 1.54) is 0 Å². The van der Waals surface area contributed by atoms with Gasteiger partial charge in [0, 0.05) is 30.3 Å². The lowest BCUT2D eigenvalue weighted by atomic mass is 10.1. The van der Waals surface area contributed by atoms with E-state index in [1.54, 1.807) is 53.4 Å². The van der Waals surface area contributed by atoms with Gasteiger partial charge in [0.1, 0.15) is 0 Å². The molecule has 1 aliphatic rings. The van der Waals surface area contributed by atoms with Crippen molar-refractivity contribution in [2.45, 2.75) is 32.7 Å². The SMILES string of the molecule is CC(C)NC(=O)c1ccccc1NC(=O)c1ccc(N2CCCC2=O)cc1. The summed E-state index contributed by atoms with van der Waals surface area (Å²) in [6.07, 6.45) is 1.42. The molecular formula is C21H23N3O3. The second-order valence-corrected chi connectivity index (χ2v) is 6.82. The Balaban J connectivity index is 1.74. The van der Waals surface area contributed by atoms with Gasteiger partial charge in [-0.15, -0.1) is 0 Å². The lowest BCUT2D eigenvalue weighted by Gasteiger charge is -2.16. The van der Waals surface area contributed by atoms with Gasteiger partial charge < -0.3 is 15.5 Å². The van der Waals surface area contributed by atoms with Crippen LogP contribution in [0.2, 0.25) is 0 Å². The Kier molecular flexibility index (Phi) is 5.54. The molecule has 0 bridgehead atoms. The van der Waals surface area contributed by atoms with Gasteiger partial charge in [-0.05, 0) is 56.7 Å². The Morgan fingerprint density at radius 2 is 1.70 bits per heavy atom. The smallest absolute Gasteiger partial charge is 0.255 e. The van der Waals surface area contributed by atoms with Gasteiger partial charge in [-0.25, -0.2) is 0 Å². The van der Waals surface area contributed by atoms with Crippen LogP contribution in [0.15, 0.2) is 48.5 Å². The Morgan fingerprint density at radius 3 is 2.33 bits per heavy atom. The molecule has 140 valence electrons. The van der Waals surface area contributed by atoms with Gasteiger partial charge in [0.15, 0.2) is 0 Å². The van der Waals surface area contributed by atoms with Crippen molar-refractivity contribution >= 4 is 29.1 Å². The molecule has 2 aromatic carbocycles. The van der Waals surface area contributed by atoms with Crippen molar-refractivity contribution in [2.24, 2.45) is 0 Å². The zero-order chi connectivity index (χ0) is 19.4. The van der Waals surface area contributed by atoms with Crippen LogP contribution in [0.4, 0.5) is 11.4 Å². The quantitative estimate of drug-likeness (QED) is 0.854. The van der Waals surface area contributed by atoms with Gasteiger partial charge in [0.2, 0.25) is 5.91 Å². The lowest BCUT2D eigenvalue weighted by Crippen LogP contribution is -2.31. The molecule has 3 rings (SSSR count). The Hall–Kier alpha value is -3.15. The zero-order valence-electron chi connectivity index (χ0n) is 15.5. The number of carbonyl (C=O) groups excluding carboxylic acids is 3. The number of benzene rings is 2. The predicted molar refractivity (Wildman–Crippen MR) is 105 cm³/mol. The van der Waals surface area contributed by atoms with E-state index < -0.39 is 0 Å². The summed E-state index contributed by atoms with van der Waals surface area (Å²) in [4.78, 5) is 38.5. The van der Waals surface area contributed by atoms with Crippen molar-refractivity contribution in [1.29, 1.82) is 0 Å². The van der Waals surface area contributed by atoms with E-state index in [0.717, 1.165) is 12.1 Å². The fraction of sp³-hybridized carbons (Fsp3) is 0.286. The van der Waals surface area contributed by atoms with Crippen molar-refractivity contribution in [3.63, 3.8) is 0 Å². The van der Waals surface area contributed by atoms with Crippen molar-refractivity contribution in [3.8, 4) is 0 Å². The highest BCUT2D eigenvalue weighted by Crippen LogP contribution is 2.22. The topological polar surface area (TPSA) is 78.5 Å². The van der Waals surface area contributed by atoms with E-state index in [-0.39, 0.29) is 23.8 Å². The summed E-state index contributed by atoms with van der Waals surface area (Å²) in [7, 11) is 0.